The lowest BCUT2D eigenvalue weighted by atomic mass is 10.1. The summed E-state index contributed by atoms with van der Waals surface area (Å²) in [4.78, 5) is 0. The highest BCUT2D eigenvalue weighted by Gasteiger charge is 2.35. The van der Waals surface area contributed by atoms with Gasteiger partial charge in [0.15, 0.2) is 0 Å². The summed E-state index contributed by atoms with van der Waals surface area (Å²) in [7, 11) is 0. The molecule has 3 atom stereocenters. The molecule has 0 radical (unpaired) electrons. The van der Waals surface area contributed by atoms with Gasteiger partial charge in [-0.3, -0.25) is 0 Å². The molecule has 2 rings (SSSR count). The number of benzene rings is 1. The largest absolute Gasteiger partial charge is 0.307 e. The summed E-state index contributed by atoms with van der Waals surface area (Å²) in [6.07, 6.45) is 2.69. The molecule has 1 N–H and O–H groups in total. The van der Waals surface area contributed by atoms with Crippen LogP contribution in [0.15, 0.2) is 30.3 Å². The molecule has 0 saturated heterocycles. The molecule has 1 saturated carbocycles. The summed E-state index contributed by atoms with van der Waals surface area (Å²) in [6.45, 7) is 4.53. The van der Waals surface area contributed by atoms with Gasteiger partial charge in [-0.1, -0.05) is 43.7 Å². The van der Waals surface area contributed by atoms with E-state index in [9.17, 15) is 0 Å². The van der Waals surface area contributed by atoms with Crippen LogP contribution < -0.4 is 5.32 Å². The predicted octanol–water partition coefficient (Wildman–Crippen LogP) is 3.14. The fourth-order valence-corrected chi connectivity index (χ4v) is 2.06. The molecule has 1 aromatic carbocycles. The lowest BCUT2D eigenvalue weighted by molar-refractivity contribution is 0.539. The third-order valence-corrected chi connectivity index (χ3v) is 3.21. The zero-order valence-electron chi connectivity index (χ0n) is 9.03. The van der Waals surface area contributed by atoms with Gasteiger partial charge in [-0.2, -0.15) is 0 Å². The van der Waals surface area contributed by atoms with E-state index in [0.29, 0.717) is 6.04 Å². The number of rotatable bonds is 4. The first-order valence-corrected chi connectivity index (χ1v) is 5.62. The molecule has 1 nitrogen and oxygen atoms in total. The average molecular weight is 189 g/mol. The maximum absolute atomic E-state index is 3.67. The van der Waals surface area contributed by atoms with Gasteiger partial charge in [-0.25, -0.2) is 0 Å². The van der Waals surface area contributed by atoms with E-state index in [1.54, 1.807) is 0 Å². The Bertz CT molecular complexity index is 281. The molecule has 1 fully saturated rings. The Labute approximate surface area is 86.5 Å². The van der Waals surface area contributed by atoms with Crippen molar-refractivity contribution in [3.05, 3.63) is 35.9 Å². The minimum absolute atomic E-state index is 0.498. The second kappa shape index (κ2) is 4.14. The van der Waals surface area contributed by atoms with Crippen LogP contribution in [0.5, 0.6) is 0 Å². The molecular weight excluding hydrogens is 170 g/mol. The summed E-state index contributed by atoms with van der Waals surface area (Å²) >= 11 is 0. The van der Waals surface area contributed by atoms with Gasteiger partial charge in [0.25, 0.3) is 0 Å². The van der Waals surface area contributed by atoms with Crippen molar-refractivity contribution < 1.29 is 0 Å². The molecule has 0 aromatic heterocycles. The van der Waals surface area contributed by atoms with E-state index in [4.69, 9.17) is 0 Å². The van der Waals surface area contributed by atoms with Gasteiger partial charge in [0.2, 0.25) is 0 Å². The number of hydrogen-bond acceptors (Lipinski definition) is 1. The normalized spacial score (nSPS) is 27.3. The molecule has 0 spiro atoms. The summed E-state index contributed by atoms with van der Waals surface area (Å²) in [5.41, 5.74) is 1.40. The first-order valence-electron chi connectivity index (χ1n) is 5.62. The van der Waals surface area contributed by atoms with Crippen molar-refractivity contribution >= 4 is 0 Å². The van der Waals surface area contributed by atoms with Gasteiger partial charge in [0.05, 0.1) is 0 Å². The lowest BCUT2D eigenvalue weighted by Crippen LogP contribution is -2.22. The second-order valence-electron chi connectivity index (χ2n) is 4.31. The van der Waals surface area contributed by atoms with Gasteiger partial charge in [-0.15, -0.1) is 0 Å². The van der Waals surface area contributed by atoms with Gasteiger partial charge < -0.3 is 5.32 Å². The fourth-order valence-electron chi connectivity index (χ4n) is 2.06. The molecule has 1 heteroatoms. The van der Waals surface area contributed by atoms with Crippen LogP contribution in [0.2, 0.25) is 0 Å². The van der Waals surface area contributed by atoms with Crippen LogP contribution in [0.3, 0.4) is 0 Å². The van der Waals surface area contributed by atoms with Crippen molar-refractivity contribution in [1.29, 1.82) is 0 Å². The fraction of sp³-hybridized carbons (Fsp3) is 0.538. The maximum atomic E-state index is 3.67. The lowest BCUT2D eigenvalue weighted by Gasteiger charge is -2.13. The molecule has 1 aliphatic rings. The standard InChI is InChI=1S/C13H19N/c1-3-11-9-13(11)14-10(2)12-7-5-4-6-8-12/h4-8,10-11,13-14H,3,9H2,1-2H3. The first kappa shape index (κ1) is 9.72. The number of nitrogens with one attached hydrogen (secondary N) is 1. The molecule has 0 bridgehead atoms. The van der Waals surface area contributed by atoms with E-state index in [1.165, 1.54) is 18.4 Å². The molecule has 0 aliphatic heterocycles. The molecule has 0 heterocycles. The highest BCUT2D eigenvalue weighted by atomic mass is 15.0. The molecule has 1 aromatic rings. The van der Waals surface area contributed by atoms with Crippen LogP contribution >= 0.6 is 0 Å². The molecular formula is C13H19N. The first-order chi connectivity index (χ1) is 6.81. The Morgan fingerprint density at radius 1 is 1.36 bits per heavy atom. The van der Waals surface area contributed by atoms with Crippen molar-refractivity contribution in [2.24, 2.45) is 5.92 Å². The van der Waals surface area contributed by atoms with E-state index in [-0.39, 0.29) is 0 Å². The summed E-state index contributed by atoms with van der Waals surface area (Å²) in [5, 5.41) is 3.67. The topological polar surface area (TPSA) is 12.0 Å². The molecule has 76 valence electrons. The van der Waals surface area contributed by atoms with Crippen LogP contribution in [-0.4, -0.2) is 6.04 Å². The van der Waals surface area contributed by atoms with Crippen molar-refractivity contribution in [2.45, 2.75) is 38.8 Å². The summed E-state index contributed by atoms with van der Waals surface area (Å²) in [6, 6.07) is 12.0. The van der Waals surface area contributed by atoms with Crippen molar-refractivity contribution in [1.82, 2.24) is 5.32 Å². The van der Waals surface area contributed by atoms with Crippen LogP contribution in [0, 0.1) is 5.92 Å². The van der Waals surface area contributed by atoms with E-state index in [0.717, 1.165) is 12.0 Å². The third-order valence-electron chi connectivity index (χ3n) is 3.21. The van der Waals surface area contributed by atoms with E-state index < -0.39 is 0 Å². The van der Waals surface area contributed by atoms with E-state index >= 15 is 0 Å². The van der Waals surface area contributed by atoms with Gasteiger partial charge >= 0.3 is 0 Å². The Hall–Kier alpha value is -0.820. The minimum Gasteiger partial charge on any atom is -0.307 e. The number of hydrogen-bond donors (Lipinski definition) is 1. The summed E-state index contributed by atoms with van der Waals surface area (Å²) in [5.74, 6) is 0.932. The van der Waals surface area contributed by atoms with Crippen molar-refractivity contribution in [2.75, 3.05) is 0 Å². The predicted molar refractivity (Wildman–Crippen MR) is 60.2 cm³/mol. The van der Waals surface area contributed by atoms with Crippen LogP contribution in [0.1, 0.15) is 38.3 Å². The van der Waals surface area contributed by atoms with Crippen molar-refractivity contribution in [3.63, 3.8) is 0 Å². The second-order valence-corrected chi connectivity index (χ2v) is 4.31. The van der Waals surface area contributed by atoms with Crippen molar-refractivity contribution in [3.8, 4) is 0 Å². The van der Waals surface area contributed by atoms with Crippen LogP contribution in [-0.2, 0) is 0 Å². The SMILES string of the molecule is CCC1CC1NC(C)c1ccccc1. The molecule has 1 aliphatic carbocycles. The Balaban J connectivity index is 1.88. The molecule has 3 unspecified atom stereocenters. The van der Waals surface area contributed by atoms with E-state index in [1.807, 2.05) is 0 Å². The maximum Gasteiger partial charge on any atom is 0.0294 e. The average Bonchev–Trinajstić information content (AvgIpc) is 2.98. The van der Waals surface area contributed by atoms with E-state index in [2.05, 4.69) is 49.5 Å². The monoisotopic (exact) mass is 189 g/mol. The van der Waals surface area contributed by atoms with Gasteiger partial charge in [0, 0.05) is 12.1 Å². The smallest absolute Gasteiger partial charge is 0.0294 e. The quantitative estimate of drug-likeness (QED) is 0.767. The third kappa shape index (κ3) is 2.16. The summed E-state index contributed by atoms with van der Waals surface area (Å²) < 4.78 is 0. The van der Waals surface area contributed by atoms with Crippen LogP contribution in [0.4, 0.5) is 0 Å². The zero-order valence-corrected chi connectivity index (χ0v) is 9.03. The highest BCUT2D eigenvalue weighted by Crippen LogP contribution is 2.34. The molecule has 14 heavy (non-hydrogen) atoms. The highest BCUT2D eigenvalue weighted by molar-refractivity contribution is 5.18. The molecule has 0 amide bonds. The Morgan fingerprint density at radius 2 is 2.07 bits per heavy atom. The van der Waals surface area contributed by atoms with Gasteiger partial charge in [0.1, 0.15) is 0 Å². The zero-order chi connectivity index (χ0) is 9.97. The van der Waals surface area contributed by atoms with Gasteiger partial charge in [-0.05, 0) is 24.8 Å². The van der Waals surface area contributed by atoms with Crippen LogP contribution in [0.25, 0.3) is 0 Å². The Kier molecular flexibility index (Phi) is 2.87. The Morgan fingerprint density at radius 3 is 2.64 bits per heavy atom. The minimum atomic E-state index is 0.498.